The van der Waals surface area contributed by atoms with Gasteiger partial charge in [0.2, 0.25) is 0 Å². The third-order valence-electron chi connectivity index (χ3n) is 3.21. The topological polar surface area (TPSA) is 84.9 Å². The van der Waals surface area contributed by atoms with Crippen LogP contribution >= 0.6 is 0 Å². The van der Waals surface area contributed by atoms with Gasteiger partial charge >= 0.3 is 16.2 Å². The quantitative estimate of drug-likeness (QED) is 0.784. The maximum Gasteiger partial charge on any atom is 0.306 e. The predicted molar refractivity (Wildman–Crippen MR) is 77.4 cm³/mol. The van der Waals surface area contributed by atoms with Gasteiger partial charge in [0.1, 0.15) is 5.75 Å². The van der Waals surface area contributed by atoms with Crippen molar-refractivity contribution >= 4 is 21.9 Å². The number of benzene rings is 1. The molecule has 7 nitrogen and oxygen atoms in total. The minimum absolute atomic E-state index is 0.00589. The molecule has 0 unspecified atom stereocenters. The summed E-state index contributed by atoms with van der Waals surface area (Å²) in [6, 6.07) is 5.15. The van der Waals surface area contributed by atoms with Crippen LogP contribution < -0.4 is 9.46 Å². The molecule has 0 radical (unpaired) electrons. The van der Waals surface area contributed by atoms with Crippen molar-refractivity contribution < 1.29 is 22.7 Å². The molecule has 21 heavy (non-hydrogen) atoms. The maximum atomic E-state index is 12.1. The Hall–Kier alpha value is -1.80. The lowest BCUT2D eigenvalue weighted by molar-refractivity contribution is -0.140. The van der Waals surface area contributed by atoms with Gasteiger partial charge in [-0.1, -0.05) is 0 Å². The molecule has 0 aromatic heterocycles. The van der Waals surface area contributed by atoms with Gasteiger partial charge in [-0.15, -0.1) is 0 Å². The number of carbonyl (C=O) groups excluding carboxylic acids is 1. The molecule has 8 heteroatoms. The number of nitrogens with one attached hydrogen (secondary N) is 1. The van der Waals surface area contributed by atoms with Gasteiger partial charge in [0.15, 0.2) is 0 Å². The summed E-state index contributed by atoms with van der Waals surface area (Å²) in [5.74, 6) is 0.337. The highest BCUT2D eigenvalue weighted by Crippen LogP contribution is 2.28. The summed E-state index contributed by atoms with van der Waals surface area (Å²) >= 11 is 0. The molecular formula is C13H18N2O5S. The molecule has 1 aliphatic rings. The Morgan fingerprint density at radius 1 is 1.48 bits per heavy atom. The van der Waals surface area contributed by atoms with E-state index in [9.17, 15) is 13.2 Å². The number of methoxy groups -OCH3 is 1. The van der Waals surface area contributed by atoms with Gasteiger partial charge in [-0.2, -0.15) is 12.7 Å². The second-order valence-corrected chi connectivity index (χ2v) is 6.45. The van der Waals surface area contributed by atoms with Crippen molar-refractivity contribution in [2.45, 2.75) is 12.8 Å². The summed E-state index contributed by atoms with van der Waals surface area (Å²) in [6.45, 7) is 0.667. The lowest BCUT2D eigenvalue weighted by atomic mass is 10.1. The summed E-state index contributed by atoms with van der Waals surface area (Å²) in [7, 11) is -1.03. The lowest BCUT2D eigenvalue weighted by Crippen LogP contribution is -2.34. The summed E-state index contributed by atoms with van der Waals surface area (Å²) in [5.41, 5.74) is 1.46. The molecule has 116 valence electrons. The Labute approximate surface area is 124 Å². The molecule has 0 fully saturated rings. The van der Waals surface area contributed by atoms with Crippen LogP contribution in [-0.4, -0.2) is 46.0 Å². The number of fused-ring (bicyclic) bond motifs is 1. The van der Waals surface area contributed by atoms with Gasteiger partial charge in [-0.3, -0.25) is 9.52 Å². The van der Waals surface area contributed by atoms with Crippen LogP contribution in [0.2, 0.25) is 0 Å². The van der Waals surface area contributed by atoms with Gasteiger partial charge < -0.3 is 9.47 Å². The van der Waals surface area contributed by atoms with E-state index < -0.39 is 16.2 Å². The van der Waals surface area contributed by atoms with Crippen LogP contribution in [0, 0.1) is 0 Å². The molecule has 0 aliphatic carbocycles. The van der Waals surface area contributed by atoms with Crippen LogP contribution in [0.5, 0.6) is 5.75 Å². The van der Waals surface area contributed by atoms with E-state index in [1.807, 2.05) is 0 Å². The van der Waals surface area contributed by atoms with E-state index in [1.54, 1.807) is 18.2 Å². The largest absolute Gasteiger partial charge is 0.493 e. The Morgan fingerprint density at radius 2 is 2.24 bits per heavy atom. The summed E-state index contributed by atoms with van der Waals surface area (Å²) in [4.78, 5) is 11.1. The lowest BCUT2D eigenvalue weighted by Gasteiger charge is -2.18. The van der Waals surface area contributed by atoms with Gasteiger partial charge in [0, 0.05) is 20.0 Å². The average Bonchev–Trinajstić information content (AvgIpc) is 2.91. The average molecular weight is 314 g/mol. The SMILES string of the molecule is COC(=O)CCN(C)S(=O)(=O)Nc1ccc2c(c1)CCO2. The molecule has 0 amide bonds. The van der Waals surface area contributed by atoms with E-state index in [0.717, 1.165) is 22.0 Å². The number of hydrogen-bond donors (Lipinski definition) is 1. The molecule has 1 aromatic rings. The maximum absolute atomic E-state index is 12.1. The first-order chi connectivity index (χ1) is 9.92. The van der Waals surface area contributed by atoms with Crippen molar-refractivity contribution in [3.05, 3.63) is 23.8 Å². The summed E-state index contributed by atoms with van der Waals surface area (Å²) < 4.78 is 37.7. The zero-order chi connectivity index (χ0) is 15.5. The fourth-order valence-corrected chi connectivity index (χ4v) is 2.86. The molecule has 2 rings (SSSR count). The molecule has 0 saturated heterocycles. The number of nitrogens with zero attached hydrogens (tertiary/aromatic N) is 1. The molecule has 1 aliphatic heterocycles. The Kier molecular flexibility index (Phi) is 4.69. The number of anilines is 1. The van der Waals surface area contributed by atoms with Crippen molar-refractivity contribution in [1.29, 1.82) is 0 Å². The second-order valence-electron chi connectivity index (χ2n) is 4.68. The predicted octanol–water partition coefficient (Wildman–Crippen LogP) is 0.773. The monoisotopic (exact) mass is 314 g/mol. The number of rotatable bonds is 6. The van der Waals surface area contributed by atoms with Gasteiger partial charge in [-0.25, -0.2) is 0 Å². The zero-order valence-electron chi connectivity index (χ0n) is 12.0. The first-order valence-corrected chi connectivity index (χ1v) is 7.93. The molecular weight excluding hydrogens is 296 g/mol. The highest BCUT2D eigenvalue weighted by atomic mass is 32.2. The molecule has 1 aromatic carbocycles. The van der Waals surface area contributed by atoms with Crippen LogP contribution in [0.25, 0.3) is 0 Å². The minimum Gasteiger partial charge on any atom is -0.493 e. The fourth-order valence-electron chi connectivity index (χ4n) is 1.95. The summed E-state index contributed by atoms with van der Waals surface area (Å²) in [6.07, 6.45) is 0.773. The summed E-state index contributed by atoms with van der Waals surface area (Å²) in [5, 5.41) is 0. The van der Waals surface area contributed by atoms with Crippen LogP contribution in [0.4, 0.5) is 5.69 Å². The van der Waals surface area contributed by atoms with E-state index in [-0.39, 0.29) is 13.0 Å². The van der Waals surface area contributed by atoms with E-state index in [2.05, 4.69) is 9.46 Å². The molecule has 0 spiro atoms. The van der Waals surface area contributed by atoms with Gasteiger partial charge in [0.25, 0.3) is 0 Å². The van der Waals surface area contributed by atoms with Crippen LogP contribution in [0.1, 0.15) is 12.0 Å². The van der Waals surface area contributed by atoms with Crippen LogP contribution in [-0.2, 0) is 26.2 Å². The van der Waals surface area contributed by atoms with Crippen molar-refractivity contribution in [2.24, 2.45) is 0 Å². The highest BCUT2D eigenvalue weighted by molar-refractivity contribution is 7.90. The second kappa shape index (κ2) is 6.31. The first kappa shape index (κ1) is 15.6. The number of hydrogen-bond acceptors (Lipinski definition) is 5. The Balaban J connectivity index is 2.01. The van der Waals surface area contributed by atoms with E-state index >= 15 is 0 Å². The van der Waals surface area contributed by atoms with Gasteiger partial charge in [-0.05, 0) is 23.8 Å². The van der Waals surface area contributed by atoms with Crippen LogP contribution in [0.15, 0.2) is 18.2 Å². The van der Waals surface area contributed by atoms with Crippen molar-refractivity contribution in [1.82, 2.24) is 4.31 Å². The highest BCUT2D eigenvalue weighted by Gasteiger charge is 2.20. The standard InChI is InChI=1S/C13H18N2O5S/c1-15(7-5-13(16)19-2)21(17,18)14-11-3-4-12-10(9-11)6-8-20-12/h3-4,9,14H,5-8H2,1-2H3. The third kappa shape index (κ3) is 3.85. The van der Waals surface area contributed by atoms with Gasteiger partial charge in [0.05, 0.1) is 25.8 Å². The molecule has 1 N–H and O–H groups in total. The Morgan fingerprint density at radius 3 is 2.95 bits per heavy atom. The zero-order valence-corrected chi connectivity index (χ0v) is 12.8. The molecule has 0 saturated carbocycles. The third-order valence-corrected chi connectivity index (χ3v) is 4.70. The number of ether oxygens (including phenoxy) is 2. The number of esters is 1. The van der Waals surface area contributed by atoms with E-state index in [0.29, 0.717) is 12.3 Å². The fraction of sp³-hybridized carbons (Fsp3) is 0.462. The van der Waals surface area contributed by atoms with Crippen LogP contribution in [0.3, 0.4) is 0 Å². The van der Waals surface area contributed by atoms with Crippen molar-refractivity contribution in [3.8, 4) is 5.75 Å². The molecule has 0 bridgehead atoms. The minimum atomic E-state index is -3.70. The molecule has 1 heterocycles. The van der Waals surface area contributed by atoms with Crippen molar-refractivity contribution in [3.63, 3.8) is 0 Å². The Bertz CT molecular complexity index is 629. The normalized spacial score (nSPS) is 13.7. The number of carbonyl (C=O) groups is 1. The van der Waals surface area contributed by atoms with Crippen molar-refractivity contribution in [2.75, 3.05) is 32.0 Å². The van der Waals surface area contributed by atoms with E-state index in [4.69, 9.17) is 4.74 Å². The molecule has 0 atom stereocenters. The smallest absolute Gasteiger partial charge is 0.306 e. The van der Waals surface area contributed by atoms with E-state index in [1.165, 1.54) is 14.2 Å². The first-order valence-electron chi connectivity index (χ1n) is 6.49.